The number of rotatable bonds is 8. The standard InChI is InChI=1S/2C32H51O3P.3Pt/c2*1-20-15-22(29(3,4)5)17-25(31(9,10)11)27(20)24(19-36(33,34)35)28-21(2)16-23(30(6,7)8)18-26(28)32(12,13)14;;;/h2*15-18,24H,19H2,1-14H3,(H2,33,34,35);;;/q;;3*+2/p-4. The first-order valence-corrected chi connectivity index (χ1v) is 29.8. The minimum absolute atomic E-state index is 0. The van der Waals surface area contributed by atoms with Crippen LogP contribution in [-0.2, 0) is 107 Å². The summed E-state index contributed by atoms with van der Waals surface area (Å²) in [5.41, 5.74) is 16.4. The minimum Gasteiger partial charge on any atom is -0.688 e. The molecule has 0 aliphatic carbocycles. The average molecular weight is 1610 g/mol. The molecule has 6 nitrogen and oxygen atoms in total. The Kier molecular flexibility index (Phi) is 25.2. The molecule has 4 rings (SSSR count). The summed E-state index contributed by atoms with van der Waals surface area (Å²) in [6.07, 6.45) is -0.852. The maximum atomic E-state index is 12.5. The van der Waals surface area contributed by atoms with E-state index in [2.05, 4.69) is 242 Å². The number of hydrogen-bond donors (Lipinski definition) is 0. The van der Waals surface area contributed by atoms with Gasteiger partial charge in [0.25, 0.3) is 0 Å². The van der Waals surface area contributed by atoms with Crippen molar-refractivity contribution in [1.82, 2.24) is 0 Å². The van der Waals surface area contributed by atoms with Crippen molar-refractivity contribution in [3.63, 3.8) is 0 Å². The van der Waals surface area contributed by atoms with Crippen LogP contribution < -0.4 is 29.4 Å². The van der Waals surface area contributed by atoms with Gasteiger partial charge < -0.3 is 29.4 Å². The van der Waals surface area contributed by atoms with Crippen molar-refractivity contribution in [3.05, 3.63) is 138 Å². The molecule has 0 radical (unpaired) electrons. The fourth-order valence-electron chi connectivity index (χ4n) is 10.4. The second-order valence-corrected chi connectivity index (χ2v) is 32.9. The third kappa shape index (κ3) is 19.9. The summed E-state index contributed by atoms with van der Waals surface area (Å²) < 4.78 is 0. The molecule has 4 aromatic carbocycles. The summed E-state index contributed by atoms with van der Waals surface area (Å²) in [5.74, 6) is -1.06. The van der Waals surface area contributed by atoms with Crippen LogP contribution in [0.3, 0.4) is 0 Å². The molecule has 0 aliphatic rings. The SMILES string of the molecule is Cc1cc(C(C)(C)C)cc(C(C)(C)C)c1C(C[P+]([O-])([O-])[O-])c1c(C)cc(C(C)(C)C)cc1C(C)(C)C.Cc1cc(C(C)(C)C)cc(C(C)(C)C)c1C(C[P+]([O-])([O-])[O-])c1c(C)cc(C(C)(C)C)cc1C(C)(C)C.[Pt+2].[Pt+2].[Pt+2]. The topological polar surface area (TPSA) is 138 Å². The van der Waals surface area contributed by atoms with Crippen LogP contribution in [0.15, 0.2) is 48.5 Å². The van der Waals surface area contributed by atoms with Crippen LogP contribution in [0, 0.1) is 27.7 Å². The van der Waals surface area contributed by atoms with Gasteiger partial charge in [-0.25, -0.2) is 0 Å². The molecule has 0 aliphatic heterocycles. The maximum absolute atomic E-state index is 12.5. The Morgan fingerprint density at radius 3 is 0.533 bits per heavy atom. The molecule has 428 valence electrons. The van der Waals surface area contributed by atoms with E-state index >= 15 is 0 Å². The van der Waals surface area contributed by atoms with E-state index in [1.165, 1.54) is 22.3 Å². The van der Waals surface area contributed by atoms with Crippen molar-refractivity contribution < 1.29 is 92.6 Å². The zero-order valence-electron chi connectivity index (χ0n) is 51.5. The third-order valence-corrected chi connectivity index (χ3v) is 16.1. The molecule has 0 aromatic heterocycles. The van der Waals surface area contributed by atoms with E-state index in [1.807, 2.05) is 0 Å². The van der Waals surface area contributed by atoms with Crippen LogP contribution >= 0.6 is 15.9 Å². The molecule has 0 heterocycles. The largest absolute Gasteiger partial charge is 2.00 e. The van der Waals surface area contributed by atoms with Crippen molar-refractivity contribution in [3.8, 4) is 0 Å². The normalized spacial score (nSPS) is 13.5. The zero-order chi connectivity index (χ0) is 56.5. The maximum Gasteiger partial charge on any atom is 2.00 e. The van der Waals surface area contributed by atoms with Gasteiger partial charge in [-0.15, -0.1) is 0 Å². The molecule has 11 heteroatoms. The third-order valence-electron chi connectivity index (χ3n) is 14.4. The van der Waals surface area contributed by atoms with Gasteiger partial charge in [-0.3, -0.25) is 0 Å². The Hall–Kier alpha value is -0.435. The summed E-state index contributed by atoms with van der Waals surface area (Å²) >= 11 is 0. The number of aryl methyl sites for hydroxylation is 4. The fraction of sp³-hybridized carbons (Fsp3) is 0.625. The molecule has 0 spiro atoms. The van der Waals surface area contributed by atoms with E-state index in [0.717, 1.165) is 66.8 Å². The van der Waals surface area contributed by atoms with E-state index in [1.54, 1.807) is 0 Å². The van der Waals surface area contributed by atoms with Crippen molar-refractivity contribution in [2.45, 2.75) is 249 Å². The van der Waals surface area contributed by atoms with Gasteiger partial charge in [0.05, 0.1) is 12.3 Å². The van der Waals surface area contributed by atoms with Crippen molar-refractivity contribution in [1.29, 1.82) is 0 Å². The first kappa shape index (κ1) is 74.6. The van der Waals surface area contributed by atoms with E-state index in [-0.39, 0.29) is 107 Å². The van der Waals surface area contributed by atoms with E-state index in [0.29, 0.717) is 0 Å². The summed E-state index contributed by atoms with van der Waals surface area (Å²) in [6.45, 7) is 60.7. The van der Waals surface area contributed by atoms with E-state index in [4.69, 9.17) is 0 Å². The molecule has 0 bridgehead atoms. The first-order chi connectivity index (χ1) is 31.7. The van der Waals surface area contributed by atoms with Crippen LogP contribution in [-0.4, -0.2) is 12.3 Å². The van der Waals surface area contributed by atoms with Crippen LogP contribution in [0.5, 0.6) is 0 Å². The number of hydrogen-bond acceptors (Lipinski definition) is 6. The monoisotopic (exact) mass is 1610 g/mol. The smallest absolute Gasteiger partial charge is 0.688 e. The summed E-state index contributed by atoms with van der Waals surface area (Å²) in [4.78, 5) is 74.7. The Morgan fingerprint density at radius 2 is 0.427 bits per heavy atom. The molecular weight excluding hydrogens is 1510 g/mol. The molecule has 0 fully saturated rings. The Balaban J connectivity index is 0.00000140. The van der Waals surface area contributed by atoms with E-state index in [9.17, 15) is 29.4 Å². The first-order valence-electron chi connectivity index (χ1n) is 26.3. The van der Waals surface area contributed by atoms with Gasteiger partial charge in [-0.2, -0.15) is 15.9 Å². The summed E-state index contributed by atoms with van der Waals surface area (Å²) in [5, 5.41) is 0. The van der Waals surface area contributed by atoms with Crippen LogP contribution in [0.25, 0.3) is 0 Å². The number of benzene rings is 4. The molecule has 0 amide bonds. The molecule has 0 saturated heterocycles. The fourth-order valence-corrected chi connectivity index (χ4v) is 12.0. The van der Waals surface area contributed by atoms with Gasteiger partial charge in [0, 0.05) is 11.8 Å². The molecule has 0 saturated carbocycles. The van der Waals surface area contributed by atoms with Crippen molar-refractivity contribution >= 4 is 15.9 Å². The van der Waals surface area contributed by atoms with Crippen LogP contribution in [0.4, 0.5) is 0 Å². The second kappa shape index (κ2) is 25.4. The Bertz CT molecular complexity index is 2220. The van der Waals surface area contributed by atoms with Crippen molar-refractivity contribution in [2.24, 2.45) is 0 Å². The molecule has 4 aromatic rings. The minimum atomic E-state index is -4.83. The van der Waals surface area contributed by atoms with Crippen molar-refractivity contribution in [2.75, 3.05) is 12.3 Å². The Morgan fingerprint density at radius 1 is 0.280 bits per heavy atom. The van der Waals surface area contributed by atoms with Gasteiger partial charge in [0.1, 0.15) is 0 Å². The van der Waals surface area contributed by atoms with Crippen LogP contribution in [0.1, 0.15) is 267 Å². The van der Waals surface area contributed by atoms with Gasteiger partial charge in [0.2, 0.25) is 0 Å². The van der Waals surface area contributed by atoms with Crippen LogP contribution in [0.2, 0.25) is 0 Å². The summed E-state index contributed by atoms with van der Waals surface area (Å²) in [6, 6.07) is 17.7. The zero-order valence-corrected chi connectivity index (χ0v) is 60.1. The predicted molar refractivity (Wildman–Crippen MR) is 302 cm³/mol. The summed E-state index contributed by atoms with van der Waals surface area (Å²) in [7, 11) is -9.65. The van der Waals surface area contributed by atoms with Gasteiger partial charge in [-0.05, 0) is 160 Å². The average Bonchev–Trinajstić information content (AvgIpc) is 3.11. The quantitative estimate of drug-likeness (QED) is 0.161. The predicted octanol–water partition coefficient (Wildman–Crippen LogP) is 12.9. The van der Waals surface area contributed by atoms with Gasteiger partial charge in [-0.1, -0.05) is 215 Å². The second-order valence-electron chi connectivity index (χ2n) is 29.7. The van der Waals surface area contributed by atoms with Gasteiger partial charge in [0.15, 0.2) is 0 Å². The molecular formula is C64H98O6P2Pt3+2. The molecule has 0 unspecified atom stereocenters. The molecule has 0 atom stereocenters. The van der Waals surface area contributed by atoms with Gasteiger partial charge >= 0.3 is 63.2 Å². The Labute approximate surface area is 503 Å². The van der Waals surface area contributed by atoms with E-state index < -0.39 is 40.0 Å². The molecule has 0 N–H and O–H groups in total. The molecule has 75 heavy (non-hydrogen) atoms.